The van der Waals surface area contributed by atoms with Gasteiger partial charge >= 0.3 is 0 Å². The molecule has 0 spiro atoms. The number of carbonyl (C=O) groups excluding carboxylic acids is 3. The predicted octanol–water partition coefficient (Wildman–Crippen LogP) is 5.42. The molecule has 9 heteroatoms. The Bertz CT molecular complexity index is 1170. The summed E-state index contributed by atoms with van der Waals surface area (Å²) in [4.78, 5) is 38.2. The number of carbonyl (C=O) groups is 3. The summed E-state index contributed by atoms with van der Waals surface area (Å²) in [6.45, 7) is 12.8. The Hall–Kier alpha value is -2.91. The molecule has 0 bridgehead atoms. The minimum atomic E-state index is -0.666. The van der Waals surface area contributed by atoms with E-state index >= 15 is 0 Å². The topological polar surface area (TPSA) is 135 Å². The molecule has 2 aliphatic rings. The molecule has 3 amide bonds. The highest BCUT2D eigenvalue weighted by molar-refractivity contribution is 5.89. The van der Waals surface area contributed by atoms with Gasteiger partial charge in [-0.2, -0.15) is 0 Å². The number of nitrogens with two attached hydrogens (primary N) is 1. The third kappa shape index (κ3) is 13.3. The Morgan fingerprint density at radius 1 is 0.851 bits per heavy atom. The summed E-state index contributed by atoms with van der Waals surface area (Å²) in [6, 6.07) is 8.88. The lowest BCUT2D eigenvalue weighted by Gasteiger charge is -2.38. The van der Waals surface area contributed by atoms with Crippen LogP contribution in [0.25, 0.3) is 0 Å². The van der Waals surface area contributed by atoms with E-state index in [-0.39, 0.29) is 35.2 Å². The summed E-state index contributed by atoms with van der Waals surface area (Å²) in [5.74, 6) is -0.507. The van der Waals surface area contributed by atoms with Crippen molar-refractivity contribution in [2.75, 3.05) is 13.2 Å². The lowest BCUT2D eigenvalue weighted by atomic mass is 9.77. The fourth-order valence-corrected chi connectivity index (χ4v) is 6.34. The van der Waals surface area contributed by atoms with Crippen LogP contribution in [0.15, 0.2) is 41.6 Å². The van der Waals surface area contributed by atoms with Crippen LogP contribution in [0.1, 0.15) is 124 Å². The van der Waals surface area contributed by atoms with Gasteiger partial charge in [0.25, 0.3) is 0 Å². The summed E-state index contributed by atoms with van der Waals surface area (Å²) in [6.07, 6.45) is 13.6. The normalized spacial score (nSPS) is 18.1. The van der Waals surface area contributed by atoms with Gasteiger partial charge in [-0.3, -0.25) is 14.4 Å². The number of hydrogen-bond acceptors (Lipinski definition) is 6. The van der Waals surface area contributed by atoms with E-state index in [1.807, 2.05) is 32.0 Å². The highest BCUT2D eigenvalue weighted by Crippen LogP contribution is 2.39. The van der Waals surface area contributed by atoms with Crippen molar-refractivity contribution in [3.8, 4) is 0 Å². The van der Waals surface area contributed by atoms with Gasteiger partial charge in [0.15, 0.2) is 0 Å². The third-order valence-electron chi connectivity index (χ3n) is 9.77. The van der Waals surface area contributed by atoms with Gasteiger partial charge in [0.1, 0.15) is 12.1 Å². The van der Waals surface area contributed by atoms with Crippen molar-refractivity contribution in [3.05, 3.63) is 47.2 Å². The van der Waals surface area contributed by atoms with Gasteiger partial charge < -0.3 is 31.7 Å². The molecule has 0 aliphatic heterocycles. The molecule has 6 N–H and O–H groups in total. The maximum absolute atomic E-state index is 13.9. The maximum atomic E-state index is 13.9. The van der Waals surface area contributed by atoms with Gasteiger partial charge in [-0.15, -0.1) is 0 Å². The zero-order valence-electron chi connectivity index (χ0n) is 30.0. The third-order valence-corrected chi connectivity index (χ3v) is 9.77. The van der Waals surface area contributed by atoms with Crippen LogP contribution in [-0.2, 0) is 25.5 Å². The number of benzene rings is 1. The Balaban J connectivity index is 1.61. The van der Waals surface area contributed by atoms with Gasteiger partial charge in [0, 0.05) is 36.7 Å². The highest BCUT2D eigenvalue weighted by Gasteiger charge is 2.33. The predicted molar refractivity (Wildman–Crippen MR) is 190 cm³/mol. The number of nitrogens with one attached hydrogen (secondary N) is 4. The Morgan fingerprint density at radius 2 is 1.49 bits per heavy atom. The molecule has 9 nitrogen and oxygen atoms in total. The molecule has 3 atom stereocenters. The first-order valence-electron chi connectivity index (χ1n) is 18.1. The van der Waals surface area contributed by atoms with Crippen molar-refractivity contribution >= 4 is 17.7 Å². The van der Waals surface area contributed by atoms with E-state index in [1.54, 1.807) is 13.8 Å². The van der Waals surface area contributed by atoms with E-state index < -0.39 is 17.7 Å². The van der Waals surface area contributed by atoms with E-state index in [0.717, 1.165) is 37.7 Å². The Kier molecular flexibility index (Phi) is 15.2. The Labute approximate surface area is 284 Å². The molecule has 264 valence electrons. The van der Waals surface area contributed by atoms with Gasteiger partial charge in [-0.05, 0) is 78.2 Å². The summed E-state index contributed by atoms with van der Waals surface area (Å²) >= 11 is 0. The average molecular weight is 654 g/mol. The van der Waals surface area contributed by atoms with Crippen LogP contribution in [0, 0.1) is 5.41 Å². The first-order chi connectivity index (χ1) is 22.3. The van der Waals surface area contributed by atoms with Gasteiger partial charge in [0.2, 0.25) is 17.7 Å². The van der Waals surface area contributed by atoms with Crippen molar-refractivity contribution in [2.24, 2.45) is 11.1 Å². The average Bonchev–Trinajstić information content (AvgIpc) is 2.96. The molecule has 0 aromatic heterocycles. The van der Waals surface area contributed by atoms with E-state index in [9.17, 15) is 14.4 Å². The van der Waals surface area contributed by atoms with Crippen molar-refractivity contribution < 1.29 is 19.1 Å². The first-order valence-corrected chi connectivity index (χ1v) is 18.1. The number of amides is 3. The Morgan fingerprint density at radius 3 is 2.09 bits per heavy atom. The standard InChI is InChI=1S/C38H63N5O4/c1-27(39)34(44)41-28(2)35(45)40-24-22-38(5,6)47-25-23-37(3,4)33(30-18-15-19-30)43-32(26-29-16-11-10-12-17-29)36(46)42-31-20-13-8-7-9-14-21-31/h10-12,16-17,27-28,31-32,43H,7-9,13-15,18-26,39H2,1-6H3,(H,40,45)(H,41,44)(H,42,46)/t27-,28-,32-/m0/s1. The second kappa shape index (κ2) is 18.6. The monoisotopic (exact) mass is 653 g/mol. The highest BCUT2D eigenvalue weighted by atomic mass is 16.5. The zero-order valence-corrected chi connectivity index (χ0v) is 30.0. The second-order valence-corrected chi connectivity index (χ2v) is 15.1. The van der Waals surface area contributed by atoms with Crippen molar-refractivity contribution in [1.29, 1.82) is 0 Å². The summed E-state index contributed by atoms with van der Waals surface area (Å²) in [5, 5.41) is 12.8. The maximum Gasteiger partial charge on any atom is 0.243 e. The fraction of sp³-hybridized carbons (Fsp3) is 0.711. The second-order valence-electron chi connectivity index (χ2n) is 15.1. The minimum Gasteiger partial charge on any atom is -0.376 e. The van der Waals surface area contributed by atoms with Crippen LogP contribution < -0.4 is 27.0 Å². The molecule has 0 saturated heterocycles. The molecule has 0 radical (unpaired) electrons. The lowest BCUT2D eigenvalue weighted by molar-refractivity contribution is -0.129. The van der Waals surface area contributed by atoms with Crippen LogP contribution in [0.4, 0.5) is 0 Å². The molecule has 0 unspecified atom stereocenters. The van der Waals surface area contributed by atoms with Crippen LogP contribution in [0.3, 0.4) is 0 Å². The van der Waals surface area contributed by atoms with E-state index in [2.05, 4.69) is 47.2 Å². The summed E-state index contributed by atoms with van der Waals surface area (Å²) in [5.41, 5.74) is 8.67. The zero-order chi connectivity index (χ0) is 34.5. The van der Waals surface area contributed by atoms with Gasteiger partial charge in [-0.25, -0.2) is 0 Å². The smallest absolute Gasteiger partial charge is 0.243 e. The number of allylic oxidation sites excluding steroid dienone is 2. The lowest BCUT2D eigenvalue weighted by Crippen LogP contribution is -2.50. The van der Waals surface area contributed by atoms with Gasteiger partial charge in [-0.1, -0.05) is 81.9 Å². The van der Waals surface area contributed by atoms with Crippen molar-refractivity contribution in [3.63, 3.8) is 0 Å². The molecule has 47 heavy (non-hydrogen) atoms. The molecule has 2 fully saturated rings. The summed E-state index contributed by atoms with van der Waals surface area (Å²) < 4.78 is 6.39. The van der Waals surface area contributed by atoms with E-state index in [0.29, 0.717) is 26.0 Å². The van der Waals surface area contributed by atoms with Crippen molar-refractivity contribution in [1.82, 2.24) is 21.3 Å². The molecule has 1 aromatic rings. The molecule has 2 aliphatic carbocycles. The van der Waals surface area contributed by atoms with Crippen LogP contribution in [0.5, 0.6) is 0 Å². The van der Waals surface area contributed by atoms with Crippen LogP contribution in [-0.4, -0.2) is 60.6 Å². The molecule has 0 heterocycles. The number of rotatable bonds is 17. The minimum absolute atomic E-state index is 0.0958. The quantitative estimate of drug-likeness (QED) is 0.152. The first kappa shape index (κ1) is 38.5. The number of ether oxygens (including phenoxy) is 1. The largest absolute Gasteiger partial charge is 0.376 e. The van der Waals surface area contributed by atoms with E-state index in [4.69, 9.17) is 10.5 Å². The fourth-order valence-electron chi connectivity index (χ4n) is 6.34. The molecule has 3 rings (SSSR count). The van der Waals surface area contributed by atoms with E-state index in [1.165, 1.54) is 49.8 Å². The summed E-state index contributed by atoms with van der Waals surface area (Å²) in [7, 11) is 0. The molecule has 1 aromatic carbocycles. The van der Waals surface area contributed by atoms with Crippen LogP contribution in [0.2, 0.25) is 0 Å². The van der Waals surface area contributed by atoms with Gasteiger partial charge in [0.05, 0.1) is 11.6 Å². The SMILES string of the molecule is C[C@H](N)C(=O)N[C@@H](C)C(=O)NCCC(C)(C)OCCC(C)(C)C(N[C@@H](Cc1ccccc1)C(=O)NC1CCCCCCC1)=C1CCC1. The van der Waals surface area contributed by atoms with Crippen molar-refractivity contribution in [2.45, 2.75) is 155 Å². The van der Waals surface area contributed by atoms with Crippen LogP contribution >= 0.6 is 0 Å². The molecular weight excluding hydrogens is 590 g/mol. The molecule has 2 saturated carbocycles. The number of hydrogen-bond donors (Lipinski definition) is 5. The molecular formula is C38H63N5O4.